The van der Waals surface area contributed by atoms with E-state index in [-0.39, 0.29) is 11.3 Å². The molecule has 2 bridgehead atoms. The van der Waals surface area contributed by atoms with Gasteiger partial charge in [-0.05, 0) is 63.7 Å². The first-order valence-electron chi connectivity index (χ1n) is 9.80. The van der Waals surface area contributed by atoms with Gasteiger partial charge in [0.2, 0.25) is 0 Å². The molecule has 1 spiro atoms. The Balaban J connectivity index is 1.79. The van der Waals surface area contributed by atoms with Crippen molar-refractivity contribution in [2.75, 3.05) is 5.32 Å². The van der Waals surface area contributed by atoms with Crippen LogP contribution in [0.15, 0.2) is 87.8 Å². The van der Waals surface area contributed by atoms with Crippen molar-refractivity contribution in [2.45, 2.75) is 11.3 Å². The highest BCUT2D eigenvalue weighted by atomic mass is 79.9. The Bertz CT molecular complexity index is 1320. The minimum Gasteiger partial charge on any atom is -0.355 e. The zero-order valence-corrected chi connectivity index (χ0v) is 18.5. The Kier molecular flexibility index (Phi) is 3.07. The van der Waals surface area contributed by atoms with Crippen molar-refractivity contribution in [3.05, 3.63) is 127 Å². The van der Waals surface area contributed by atoms with Gasteiger partial charge in [0.1, 0.15) is 0 Å². The standard InChI is InChI=1S/C26H15Br2N/c27-14-9-11-21-19(13-14)26-17-7-3-1-5-15(17)23(16-6-2-4-8-18(16)26)24-20(28)10-12-22(29-21)25(24)26/h1-13,23,29H. The molecule has 1 aliphatic heterocycles. The average molecular weight is 501 g/mol. The lowest BCUT2D eigenvalue weighted by atomic mass is 9.49. The van der Waals surface area contributed by atoms with Crippen LogP contribution in [-0.4, -0.2) is 0 Å². The molecule has 1 heterocycles. The van der Waals surface area contributed by atoms with Gasteiger partial charge in [0.15, 0.2) is 0 Å². The number of hydrogen-bond donors (Lipinski definition) is 1. The summed E-state index contributed by atoms with van der Waals surface area (Å²) in [6.07, 6.45) is 0. The summed E-state index contributed by atoms with van der Waals surface area (Å²) in [5.74, 6) is 0.254. The third-order valence-corrected chi connectivity index (χ3v) is 8.05. The maximum Gasteiger partial charge on any atom is 0.0751 e. The molecule has 138 valence electrons. The van der Waals surface area contributed by atoms with Gasteiger partial charge in [-0.1, -0.05) is 80.4 Å². The molecule has 0 fully saturated rings. The zero-order valence-electron chi connectivity index (χ0n) is 15.3. The minimum atomic E-state index is -0.305. The van der Waals surface area contributed by atoms with Crippen LogP contribution in [0, 0.1) is 0 Å². The third-order valence-electron chi connectivity index (χ3n) is 6.86. The van der Waals surface area contributed by atoms with Crippen molar-refractivity contribution in [1.82, 2.24) is 0 Å². The Morgan fingerprint density at radius 3 is 2.07 bits per heavy atom. The Hall–Kier alpha value is -2.36. The molecule has 0 unspecified atom stereocenters. The van der Waals surface area contributed by atoms with Gasteiger partial charge in [-0.25, -0.2) is 0 Å². The summed E-state index contributed by atoms with van der Waals surface area (Å²) in [6.45, 7) is 0. The second-order valence-corrected chi connectivity index (χ2v) is 9.83. The first kappa shape index (κ1) is 16.4. The number of fused-ring (bicyclic) bond motifs is 1. The molecule has 4 aromatic rings. The number of hydrogen-bond acceptors (Lipinski definition) is 1. The summed E-state index contributed by atoms with van der Waals surface area (Å²) in [5.41, 5.74) is 11.9. The van der Waals surface area contributed by atoms with Crippen LogP contribution in [0.3, 0.4) is 0 Å². The smallest absolute Gasteiger partial charge is 0.0751 e. The van der Waals surface area contributed by atoms with E-state index in [1.165, 1.54) is 54.8 Å². The van der Waals surface area contributed by atoms with E-state index in [4.69, 9.17) is 0 Å². The molecular weight excluding hydrogens is 486 g/mol. The van der Waals surface area contributed by atoms with E-state index >= 15 is 0 Å². The van der Waals surface area contributed by atoms with Gasteiger partial charge in [-0.15, -0.1) is 0 Å². The molecule has 8 rings (SSSR count). The maximum atomic E-state index is 3.92. The molecule has 0 atom stereocenters. The molecule has 0 radical (unpaired) electrons. The summed E-state index contributed by atoms with van der Waals surface area (Å²) in [5, 5.41) is 3.73. The molecule has 3 heteroatoms. The summed E-state index contributed by atoms with van der Waals surface area (Å²) in [7, 11) is 0. The monoisotopic (exact) mass is 499 g/mol. The molecule has 29 heavy (non-hydrogen) atoms. The average Bonchev–Trinajstić information content (AvgIpc) is 2.76. The first-order valence-corrected chi connectivity index (χ1v) is 11.4. The molecule has 0 aromatic heterocycles. The quantitative estimate of drug-likeness (QED) is 0.228. The van der Waals surface area contributed by atoms with Gasteiger partial charge in [0, 0.05) is 31.8 Å². The van der Waals surface area contributed by atoms with Crippen LogP contribution in [0.2, 0.25) is 0 Å². The lowest BCUT2D eigenvalue weighted by Gasteiger charge is -2.54. The predicted octanol–water partition coefficient (Wildman–Crippen LogP) is 7.46. The van der Waals surface area contributed by atoms with Crippen LogP contribution in [0.5, 0.6) is 0 Å². The first-order chi connectivity index (χ1) is 14.2. The van der Waals surface area contributed by atoms with E-state index in [1.54, 1.807) is 0 Å². The fourth-order valence-electron chi connectivity index (χ4n) is 5.96. The van der Waals surface area contributed by atoms with Crippen molar-refractivity contribution >= 4 is 43.2 Å². The lowest BCUT2D eigenvalue weighted by Crippen LogP contribution is -2.45. The highest BCUT2D eigenvalue weighted by Gasteiger charge is 2.56. The van der Waals surface area contributed by atoms with Crippen LogP contribution in [-0.2, 0) is 5.41 Å². The second-order valence-electron chi connectivity index (χ2n) is 8.06. The minimum absolute atomic E-state index is 0.254. The van der Waals surface area contributed by atoms with Crippen molar-refractivity contribution < 1.29 is 0 Å². The van der Waals surface area contributed by atoms with Gasteiger partial charge in [0.05, 0.1) is 5.41 Å². The molecule has 0 saturated heterocycles. The molecule has 0 amide bonds. The van der Waals surface area contributed by atoms with Crippen molar-refractivity contribution in [3.63, 3.8) is 0 Å². The van der Waals surface area contributed by atoms with Crippen molar-refractivity contribution in [3.8, 4) is 0 Å². The lowest BCUT2D eigenvalue weighted by molar-refractivity contribution is 0.625. The molecule has 1 N–H and O–H groups in total. The van der Waals surface area contributed by atoms with Gasteiger partial charge in [-0.3, -0.25) is 0 Å². The Morgan fingerprint density at radius 1 is 0.690 bits per heavy atom. The molecule has 4 aliphatic rings. The van der Waals surface area contributed by atoms with Crippen LogP contribution >= 0.6 is 31.9 Å². The van der Waals surface area contributed by atoms with E-state index in [9.17, 15) is 0 Å². The molecule has 1 nitrogen and oxygen atoms in total. The Morgan fingerprint density at radius 2 is 1.34 bits per heavy atom. The van der Waals surface area contributed by atoms with E-state index < -0.39 is 0 Å². The number of rotatable bonds is 0. The van der Waals surface area contributed by atoms with Gasteiger partial charge in [0.25, 0.3) is 0 Å². The van der Waals surface area contributed by atoms with Crippen LogP contribution in [0.4, 0.5) is 11.4 Å². The molecular formula is C26H15Br2N. The zero-order chi connectivity index (χ0) is 19.3. The van der Waals surface area contributed by atoms with Crippen molar-refractivity contribution in [2.24, 2.45) is 0 Å². The molecule has 4 aromatic carbocycles. The largest absolute Gasteiger partial charge is 0.355 e. The predicted molar refractivity (Wildman–Crippen MR) is 124 cm³/mol. The van der Waals surface area contributed by atoms with Crippen LogP contribution < -0.4 is 5.32 Å². The topological polar surface area (TPSA) is 12.0 Å². The normalized spacial score (nSPS) is 21.5. The summed E-state index contributed by atoms with van der Waals surface area (Å²) in [6, 6.07) is 29.1. The number of anilines is 2. The summed E-state index contributed by atoms with van der Waals surface area (Å²) in [4.78, 5) is 0. The molecule has 3 aliphatic carbocycles. The highest BCUT2D eigenvalue weighted by Crippen LogP contribution is 2.66. The van der Waals surface area contributed by atoms with Gasteiger partial charge < -0.3 is 5.32 Å². The maximum absolute atomic E-state index is 3.92. The Labute approximate surface area is 186 Å². The van der Waals surface area contributed by atoms with Crippen LogP contribution in [0.1, 0.15) is 44.9 Å². The van der Waals surface area contributed by atoms with Gasteiger partial charge in [-0.2, -0.15) is 0 Å². The second kappa shape index (κ2) is 5.41. The van der Waals surface area contributed by atoms with Crippen molar-refractivity contribution in [1.29, 1.82) is 0 Å². The summed E-state index contributed by atoms with van der Waals surface area (Å²) >= 11 is 7.66. The third kappa shape index (κ3) is 1.78. The number of benzene rings is 4. The summed E-state index contributed by atoms with van der Waals surface area (Å²) < 4.78 is 2.30. The van der Waals surface area contributed by atoms with Crippen LogP contribution in [0.25, 0.3) is 0 Å². The van der Waals surface area contributed by atoms with E-state index in [0.29, 0.717) is 0 Å². The van der Waals surface area contributed by atoms with E-state index in [2.05, 4.69) is 116 Å². The van der Waals surface area contributed by atoms with E-state index in [1.807, 2.05) is 0 Å². The highest BCUT2D eigenvalue weighted by molar-refractivity contribution is 9.10. The fourth-order valence-corrected chi connectivity index (χ4v) is 6.88. The molecule has 0 saturated carbocycles. The SMILES string of the molecule is Brc1ccc2c(c1)C13c4ccccc4C(c4ccccc41)c1c(Br)ccc(c13)N2. The number of halogens is 2. The number of nitrogens with one attached hydrogen (secondary N) is 1. The van der Waals surface area contributed by atoms with E-state index in [0.717, 1.165) is 4.47 Å². The fraction of sp³-hybridized carbons (Fsp3) is 0.0769. The van der Waals surface area contributed by atoms with Gasteiger partial charge >= 0.3 is 0 Å².